The number of nitrogens with zero attached hydrogens (tertiary/aromatic N) is 2. The van der Waals surface area contributed by atoms with Crippen LogP contribution in [0, 0.1) is 0 Å². The molecule has 1 atom stereocenters. The maximum atomic E-state index is 12.3. The van der Waals surface area contributed by atoms with E-state index in [1.54, 1.807) is 23.2 Å². The highest BCUT2D eigenvalue weighted by atomic mass is 35.5. The van der Waals surface area contributed by atoms with Crippen LogP contribution in [0.2, 0.25) is 5.02 Å². The lowest BCUT2D eigenvalue weighted by Crippen LogP contribution is -2.37. The van der Waals surface area contributed by atoms with Gasteiger partial charge in [-0.2, -0.15) is 0 Å². The first-order valence-corrected chi connectivity index (χ1v) is 6.61. The van der Waals surface area contributed by atoms with Crippen LogP contribution < -0.4 is 0 Å². The van der Waals surface area contributed by atoms with Gasteiger partial charge in [-0.25, -0.2) is 0 Å². The van der Waals surface area contributed by atoms with E-state index in [0.29, 0.717) is 23.8 Å². The molecule has 0 N–H and O–H groups in total. The maximum absolute atomic E-state index is 12.3. The Morgan fingerprint density at radius 3 is 3.11 bits per heavy atom. The van der Waals surface area contributed by atoms with Crippen molar-refractivity contribution in [1.29, 1.82) is 0 Å². The Labute approximate surface area is 112 Å². The number of aromatic nitrogens is 1. The van der Waals surface area contributed by atoms with Gasteiger partial charge in [-0.05, 0) is 31.9 Å². The quantitative estimate of drug-likeness (QED) is 0.842. The third-order valence-electron chi connectivity index (χ3n) is 3.06. The van der Waals surface area contributed by atoms with Crippen molar-refractivity contribution in [1.82, 2.24) is 9.88 Å². The SMILES string of the molecule is CCN(CC1CCCO1)C(=O)c1cc(Cl)ccn1. The average molecular weight is 269 g/mol. The first kappa shape index (κ1) is 13.3. The molecule has 98 valence electrons. The molecule has 0 spiro atoms. The molecule has 0 saturated carbocycles. The van der Waals surface area contributed by atoms with Gasteiger partial charge in [0.1, 0.15) is 5.69 Å². The van der Waals surface area contributed by atoms with E-state index < -0.39 is 0 Å². The van der Waals surface area contributed by atoms with E-state index >= 15 is 0 Å². The van der Waals surface area contributed by atoms with Gasteiger partial charge in [0.05, 0.1) is 6.10 Å². The molecule has 1 saturated heterocycles. The number of hydrogen-bond acceptors (Lipinski definition) is 3. The molecule has 1 fully saturated rings. The van der Waals surface area contributed by atoms with Crippen LogP contribution in [0.4, 0.5) is 0 Å². The summed E-state index contributed by atoms with van der Waals surface area (Å²) in [7, 11) is 0. The zero-order chi connectivity index (χ0) is 13.0. The molecule has 1 aromatic rings. The summed E-state index contributed by atoms with van der Waals surface area (Å²) in [5, 5.41) is 0.529. The summed E-state index contributed by atoms with van der Waals surface area (Å²) in [6, 6.07) is 3.26. The van der Waals surface area contributed by atoms with Crippen LogP contribution in [-0.4, -0.2) is 41.6 Å². The van der Waals surface area contributed by atoms with Crippen molar-refractivity contribution in [2.45, 2.75) is 25.9 Å². The molecule has 1 aromatic heterocycles. The van der Waals surface area contributed by atoms with E-state index in [4.69, 9.17) is 16.3 Å². The van der Waals surface area contributed by atoms with Crippen molar-refractivity contribution in [3.8, 4) is 0 Å². The Morgan fingerprint density at radius 1 is 1.67 bits per heavy atom. The van der Waals surface area contributed by atoms with Gasteiger partial charge >= 0.3 is 0 Å². The predicted octanol–water partition coefficient (Wildman–Crippen LogP) is 2.38. The Kier molecular flexibility index (Phi) is 4.55. The second kappa shape index (κ2) is 6.16. The number of ether oxygens (including phenoxy) is 1. The van der Waals surface area contributed by atoms with Gasteiger partial charge in [0.15, 0.2) is 0 Å². The Bertz CT molecular complexity index is 419. The van der Waals surface area contributed by atoms with Crippen LogP contribution in [0.25, 0.3) is 0 Å². The largest absolute Gasteiger partial charge is 0.376 e. The second-order valence-electron chi connectivity index (χ2n) is 4.34. The fourth-order valence-electron chi connectivity index (χ4n) is 2.07. The second-order valence-corrected chi connectivity index (χ2v) is 4.77. The number of rotatable bonds is 4. The minimum absolute atomic E-state index is 0.0875. The summed E-state index contributed by atoms with van der Waals surface area (Å²) in [4.78, 5) is 18.1. The highest BCUT2D eigenvalue weighted by molar-refractivity contribution is 6.30. The van der Waals surface area contributed by atoms with Crippen LogP contribution in [0.5, 0.6) is 0 Å². The van der Waals surface area contributed by atoms with Gasteiger partial charge in [-0.15, -0.1) is 0 Å². The molecule has 0 aromatic carbocycles. The molecule has 1 amide bonds. The van der Waals surface area contributed by atoms with Crippen molar-refractivity contribution in [2.75, 3.05) is 19.7 Å². The normalized spacial score (nSPS) is 18.9. The molecule has 1 aliphatic heterocycles. The summed E-state index contributed by atoms with van der Waals surface area (Å²) < 4.78 is 5.55. The predicted molar refractivity (Wildman–Crippen MR) is 69.8 cm³/mol. The maximum Gasteiger partial charge on any atom is 0.272 e. The molecular weight excluding hydrogens is 252 g/mol. The topological polar surface area (TPSA) is 42.4 Å². The van der Waals surface area contributed by atoms with Crippen LogP contribution in [0.1, 0.15) is 30.3 Å². The number of pyridine rings is 1. The van der Waals surface area contributed by atoms with Crippen molar-refractivity contribution in [3.05, 3.63) is 29.0 Å². The van der Waals surface area contributed by atoms with Gasteiger partial charge in [0.2, 0.25) is 0 Å². The Morgan fingerprint density at radius 2 is 2.50 bits per heavy atom. The number of hydrogen-bond donors (Lipinski definition) is 0. The molecule has 18 heavy (non-hydrogen) atoms. The summed E-state index contributed by atoms with van der Waals surface area (Å²) in [5.74, 6) is -0.0875. The monoisotopic (exact) mass is 268 g/mol. The lowest BCUT2D eigenvalue weighted by Gasteiger charge is -2.23. The first-order chi connectivity index (χ1) is 8.70. The molecule has 0 bridgehead atoms. The number of carbonyl (C=O) groups is 1. The molecular formula is C13H17ClN2O2. The van der Waals surface area contributed by atoms with Crippen molar-refractivity contribution in [3.63, 3.8) is 0 Å². The van der Waals surface area contributed by atoms with E-state index in [1.165, 1.54) is 0 Å². The van der Waals surface area contributed by atoms with Gasteiger partial charge < -0.3 is 9.64 Å². The van der Waals surface area contributed by atoms with Crippen molar-refractivity contribution >= 4 is 17.5 Å². The third kappa shape index (κ3) is 3.21. The van der Waals surface area contributed by atoms with Crippen LogP contribution in [0.15, 0.2) is 18.3 Å². The summed E-state index contributed by atoms with van der Waals surface area (Å²) in [6.45, 7) is 4.03. The zero-order valence-electron chi connectivity index (χ0n) is 10.4. The highest BCUT2D eigenvalue weighted by Crippen LogP contribution is 2.15. The fourth-order valence-corrected chi connectivity index (χ4v) is 2.23. The lowest BCUT2D eigenvalue weighted by molar-refractivity contribution is 0.0535. The van der Waals surface area contributed by atoms with Crippen molar-refractivity contribution in [2.24, 2.45) is 0 Å². The lowest BCUT2D eigenvalue weighted by atomic mass is 10.2. The molecule has 0 radical (unpaired) electrons. The Hall–Kier alpha value is -1.13. The smallest absolute Gasteiger partial charge is 0.272 e. The number of carbonyl (C=O) groups excluding carboxylic acids is 1. The van der Waals surface area contributed by atoms with Crippen LogP contribution in [0.3, 0.4) is 0 Å². The van der Waals surface area contributed by atoms with Crippen LogP contribution in [-0.2, 0) is 4.74 Å². The van der Waals surface area contributed by atoms with E-state index in [1.807, 2.05) is 6.92 Å². The molecule has 5 heteroatoms. The molecule has 1 aliphatic rings. The number of halogens is 1. The minimum atomic E-state index is -0.0875. The Balaban J connectivity index is 2.04. The third-order valence-corrected chi connectivity index (χ3v) is 3.29. The number of likely N-dealkylation sites (N-methyl/N-ethyl adjacent to an activating group) is 1. The molecule has 2 heterocycles. The molecule has 1 unspecified atom stereocenters. The van der Waals surface area contributed by atoms with Gasteiger partial charge in [0, 0.05) is 30.9 Å². The first-order valence-electron chi connectivity index (χ1n) is 6.23. The highest BCUT2D eigenvalue weighted by Gasteiger charge is 2.23. The van der Waals surface area contributed by atoms with E-state index in [2.05, 4.69) is 4.98 Å². The van der Waals surface area contributed by atoms with E-state index in [0.717, 1.165) is 19.4 Å². The molecule has 4 nitrogen and oxygen atoms in total. The van der Waals surface area contributed by atoms with E-state index in [9.17, 15) is 4.79 Å². The molecule has 0 aliphatic carbocycles. The zero-order valence-corrected chi connectivity index (χ0v) is 11.2. The average Bonchev–Trinajstić information content (AvgIpc) is 2.88. The molecule has 2 rings (SSSR count). The van der Waals surface area contributed by atoms with Crippen LogP contribution >= 0.6 is 11.6 Å². The summed E-state index contributed by atoms with van der Waals surface area (Å²) in [5.41, 5.74) is 0.391. The summed E-state index contributed by atoms with van der Waals surface area (Å²) >= 11 is 5.87. The minimum Gasteiger partial charge on any atom is -0.376 e. The fraction of sp³-hybridized carbons (Fsp3) is 0.538. The van der Waals surface area contributed by atoms with E-state index in [-0.39, 0.29) is 12.0 Å². The van der Waals surface area contributed by atoms with Gasteiger partial charge in [-0.3, -0.25) is 9.78 Å². The number of amides is 1. The standard InChI is InChI=1S/C13H17ClN2O2/c1-2-16(9-11-4-3-7-18-11)13(17)12-8-10(14)5-6-15-12/h5-6,8,11H,2-4,7,9H2,1H3. The van der Waals surface area contributed by atoms with Gasteiger partial charge in [-0.1, -0.05) is 11.6 Å². The van der Waals surface area contributed by atoms with Crippen molar-refractivity contribution < 1.29 is 9.53 Å². The van der Waals surface area contributed by atoms with Gasteiger partial charge in [0.25, 0.3) is 5.91 Å². The summed E-state index contributed by atoms with van der Waals surface area (Å²) in [6.07, 6.45) is 3.81.